The predicted molar refractivity (Wildman–Crippen MR) is 82.1 cm³/mol. The van der Waals surface area contributed by atoms with Crippen LogP contribution in [0.1, 0.15) is 6.92 Å². The van der Waals surface area contributed by atoms with Gasteiger partial charge in [0.2, 0.25) is 20.8 Å². The van der Waals surface area contributed by atoms with Gasteiger partial charge in [0.15, 0.2) is 0 Å². The summed E-state index contributed by atoms with van der Waals surface area (Å²) in [6.07, 6.45) is 1.00. The van der Waals surface area contributed by atoms with Gasteiger partial charge < -0.3 is 5.32 Å². The van der Waals surface area contributed by atoms with E-state index in [-0.39, 0.29) is 15.6 Å². The molecule has 2 aromatic rings. The lowest BCUT2D eigenvalue weighted by molar-refractivity contribution is -0.388. The fraction of sp³-hybridized carbons (Fsp3) is 0.0769. The van der Waals surface area contributed by atoms with Crippen LogP contribution in [-0.4, -0.2) is 24.2 Å². The molecule has 120 valence electrons. The van der Waals surface area contributed by atoms with Crippen molar-refractivity contribution in [3.8, 4) is 0 Å². The zero-order valence-corrected chi connectivity index (χ0v) is 13.3. The summed E-state index contributed by atoms with van der Waals surface area (Å²) in [5.41, 5.74) is -0.735. The van der Waals surface area contributed by atoms with E-state index in [0.717, 1.165) is 12.3 Å². The number of nitro groups is 1. The van der Waals surface area contributed by atoms with Crippen molar-refractivity contribution in [2.45, 2.75) is 16.8 Å². The summed E-state index contributed by atoms with van der Waals surface area (Å²) >= 11 is 5.64. The van der Waals surface area contributed by atoms with E-state index < -0.39 is 31.4 Å². The van der Waals surface area contributed by atoms with E-state index in [9.17, 15) is 23.3 Å². The Balaban J connectivity index is 2.70. The van der Waals surface area contributed by atoms with Crippen molar-refractivity contribution in [2.24, 2.45) is 0 Å². The number of hydrogen-bond acceptors (Lipinski definition) is 6. The van der Waals surface area contributed by atoms with Crippen LogP contribution >= 0.6 is 11.6 Å². The van der Waals surface area contributed by atoms with Gasteiger partial charge in [-0.25, -0.2) is 13.4 Å². The van der Waals surface area contributed by atoms with Gasteiger partial charge in [0.25, 0.3) is 0 Å². The van der Waals surface area contributed by atoms with Crippen LogP contribution < -0.4 is 5.32 Å². The van der Waals surface area contributed by atoms with Crippen molar-refractivity contribution in [3.05, 3.63) is 51.7 Å². The summed E-state index contributed by atoms with van der Waals surface area (Å²) in [5.74, 6) is -0.480. The Labute approximate surface area is 136 Å². The molecule has 1 N–H and O–H groups in total. The van der Waals surface area contributed by atoms with Crippen LogP contribution in [0.3, 0.4) is 0 Å². The van der Waals surface area contributed by atoms with Gasteiger partial charge in [-0.05, 0) is 12.1 Å². The second-order valence-electron chi connectivity index (χ2n) is 4.42. The van der Waals surface area contributed by atoms with Gasteiger partial charge >= 0.3 is 5.69 Å². The number of para-hydroxylation sites is 1. The van der Waals surface area contributed by atoms with Gasteiger partial charge in [-0.1, -0.05) is 23.7 Å². The number of hydrogen-bond donors (Lipinski definition) is 1. The number of carbonyl (C=O) groups excluding carboxylic acids is 1. The molecule has 0 aliphatic rings. The average Bonchev–Trinajstić information content (AvgIpc) is 2.46. The minimum atomic E-state index is -4.33. The Morgan fingerprint density at radius 2 is 2.00 bits per heavy atom. The minimum absolute atomic E-state index is 0.00560. The second-order valence-corrected chi connectivity index (χ2v) is 6.69. The molecule has 23 heavy (non-hydrogen) atoms. The van der Waals surface area contributed by atoms with E-state index >= 15 is 0 Å². The maximum Gasteiger partial charge on any atom is 0.308 e. The lowest BCUT2D eigenvalue weighted by atomic mass is 10.3. The first kappa shape index (κ1) is 16.8. The Morgan fingerprint density at radius 3 is 2.61 bits per heavy atom. The number of sulfone groups is 1. The first-order chi connectivity index (χ1) is 10.7. The topological polar surface area (TPSA) is 119 Å². The van der Waals surface area contributed by atoms with Gasteiger partial charge in [0.05, 0.1) is 20.5 Å². The van der Waals surface area contributed by atoms with Crippen LogP contribution in [0.25, 0.3) is 0 Å². The van der Waals surface area contributed by atoms with E-state index in [0.29, 0.717) is 0 Å². The molecule has 1 amide bonds. The number of benzene rings is 1. The highest BCUT2D eigenvalue weighted by Gasteiger charge is 2.31. The highest BCUT2D eigenvalue weighted by molar-refractivity contribution is 7.91. The zero-order chi connectivity index (χ0) is 17.2. The van der Waals surface area contributed by atoms with Crippen molar-refractivity contribution >= 4 is 38.7 Å². The third kappa shape index (κ3) is 3.46. The number of aromatic nitrogens is 1. The van der Waals surface area contributed by atoms with Crippen LogP contribution in [0.4, 0.5) is 11.4 Å². The quantitative estimate of drug-likeness (QED) is 0.664. The summed E-state index contributed by atoms with van der Waals surface area (Å²) in [4.78, 5) is 24.7. The van der Waals surface area contributed by atoms with E-state index in [1.54, 1.807) is 0 Å². The van der Waals surface area contributed by atoms with Gasteiger partial charge in [0, 0.05) is 19.2 Å². The highest BCUT2D eigenvalue weighted by atomic mass is 35.5. The van der Waals surface area contributed by atoms with E-state index in [4.69, 9.17) is 11.6 Å². The number of pyridine rings is 1. The molecule has 8 nitrogen and oxygen atoms in total. The van der Waals surface area contributed by atoms with E-state index in [2.05, 4.69) is 10.3 Å². The van der Waals surface area contributed by atoms with Crippen LogP contribution in [0, 0.1) is 10.1 Å². The number of amides is 1. The number of halogens is 1. The predicted octanol–water partition coefficient (Wildman–Crippen LogP) is 2.43. The number of rotatable bonds is 4. The van der Waals surface area contributed by atoms with Crippen LogP contribution in [0.2, 0.25) is 5.02 Å². The van der Waals surface area contributed by atoms with Crippen LogP contribution in [0.15, 0.2) is 46.5 Å². The smallest absolute Gasteiger partial charge is 0.308 e. The van der Waals surface area contributed by atoms with Gasteiger partial charge in [-0.2, -0.15) is 0 Å². The minimum Gasteiger partial charge on any atom is -0.325 e. The molecule has 0 aliphatic heterocycles. The monoisotopic (exact) mass is 355 g/mol. The third-order valence-corrected chi connectivity index (χ3v) is 4.70. The molecule has 1 aromatic heterocycles. The molecule has 0 saturated carbocycles. The summed E-state index contributed by atoms with van der Waals surface area (Å²) in [7, 11) is -4.33. The zero-order valence-electron chi connectivity index (χ0n) is 11.7. The fourth-order valence-corrected chi connectivity index (χ4v) is 3.48. The van der Waals surface area contributed by atoms with Crippen molar-refractivity contribution in [2.75, 3.05) is 5.32 Å². The molecule has 0 unspecified atom stereocenters. The molecule has 1 heterocycles. The fourth-order valence-electron chi connectivity index (χ4n) is 1.85. The molecule has 0 radical (unpaired) electrons. The maximum absolute atomic E-state index is 12.7. The molecular weight excluding hydrogens is 346 g/mol. The van der Waals surface area contributed by atoms with Gasteiger partial charge in [-0.15, -0.1) is 0 Å². The van der Waals surface area contributed by atoms with Crippen molar-refractivity contribution in [3.63, 3.8) is 0 Å². The number of nitrogens with zero attached hydrogens (tertiary/aromatic N) is 2. The first-order valence-corrected chi connectivity index (χ1v) is 8.01. The molecule has 0 spiro atoms. The number of carbonyl (C=O) groups is 1. The molecule has 2 rings (SSSR count). The largest absolute Gasteiger partial charge is 0.325 e. The van der Waals surface area contributed by atoms with Crippen LogP contribution in [-0.2, 0) is 14.6 Å². The van der Waals surface area contributed by atoms with E-state index in [1.807, 2.05) is 0 Å². The standard InChI is InChI=1S/C13H10ClN3O5S/c1-8(18)16-10-4-2-3-5-12(10)23(21,22)13-11(17(19)20)6-9(14)7-15-13/h2-7H,1H3,(H,16,18). The Hall–Kier alpha value is -2.52. The molecule has 0 atom stereocenters. The van der Waals surface area contributed by atoms with Crippen LogP contribution in [0.5, 0.6) is 0 Å². The normalized spacial score (nSPS) is 11.0. The molecule has 10 heteroatoms. The lowest BCUT2D eigenvalue weighted by Crippen LogP contribution is -2.13. The average molecular weight is 356 g/mol. The molecule has 0 fully saturated rings. The Morgan fingerprint density at radius 1 is 1.35 bits per heavy atom. The molecule has 0 aliphatic carbocycles. The van der Waals surface area contributed by atoms with E-state index in [1.165, 1.54) is 31.2 Å². The summed E-state index contributed by atoms with van der Waals surface area (Å²) in [6, 6.07) is 6.45. The highest BCUT2D eigenvalue weighted by Crippen LogP contribution is 2.32. The van der Waals surface area contributed by atoms with Crippen molar-refractivity contribution in [1.82, 2.24) is 4.98 Å². The number of nitrogens with one attached hydrogen (secondary N) is 1. The molecule has 1 aromatic carbocycles. The number of anilines is 1. The summed E-state index contributed by atoms with van der Waals surface area (Å²) in [6.45, 7) is 1.21. The summed E-state index contributed by atoms with van der Waals surface area (Å²) < 4.78 is 25.4. The van der Waals surface area contributed by atoms with Gasteiger partial charge in [-0.3, -0.25) is 14.9 Å². The molecular formula is C13H10ClN3O5S. The SMILES string of the molecule is CC(=O)Nc1ccccc1S(=O)(=O)c1ncc(Cl)cc1[N+](=O)[O-]. The lowest BCUT2D eigenvalue weighted by Gasteiger charge is -2.10. The Bertz CT molecular complexity index is 898. The maximum atomic E-state index is 12.7. The first-order valence-electron chi connectivity index (χ1n) is 6.15. The Kier molecular flexibility index (Phi) is 4.62. The van der Waals surface area contributed by atoms with Crippen molar-refractivity contribution < 1.29 is 18.1 Å². The van der Waals surface area contributed by atoms with Gasteiger partial charge in [0.1, 0.15) is 0 Å². The molecule has 0 saturated heterocycles. The molecule has 0 bridgehead atoms. The van der Waals surface area contributed by atoms with Crippen molar-refractivity contribution in [1.29, 1.82) is 0 Å². The third-order valence-electron chi connectivity index (χ3n) is 2.74. The second kappa shape index (κ2) is 6.31. The summed E-state index contributed by atoms with van der Waals surface area (Å²) in [5, 5.41) is 12.6.